The molecule has 1 aliphatic carbocycles. The van der Waals surface area contributed by atoms with Crippen LogP contribution < -0.4 is 5.73 Å². The Kier molecular flexibility index (Phi) is 5.49. The van der Waals surface area contributed by atoms with Crippen molar-refractivity contribution in [1.29, 1.82) is 0 Å². The fourth-order valence-corrected chi connectivity index (χ4v) is 2.77. The summed E-state index contributed by atoms with van der Waals surface area (Å²) in [5.74, 6) is -0.0884. The second kappa shape index (κ2) is 7.36. The van der Waals surface area contributed by atoms with E-state index in [1.807, 2.05) is 6.07 Å². The van der Waals surface area contributed by atoms with E-state index >= 15 is 0 Å². The maximum Gasteiger partial charge on any atom is 0.272 e. The van der Waals surface area contributed by atoms with E-state index in [0.717, 1.165) is 31.2 Å². The van der Waals surface area contributed by atoms with Crippen LogP contribution in [0.1, 0.15) is 48.2 Å². The molecular weight excluding hydrogens is 254 g/mol. The van der Waals surface area contributed by atoms with E-state index in [9.17, 15) is 9.90 Å². The van der Waals surface area contributed by atoms with Gasteiger partial charge in [0, 0.05) is 25.3 Å². The lowest BCUT2D eigenvalue weighted by atomic mass is 9.94. The van der Waals surface area contributed by atoms with Crippen LogP contribution in [-0.2, 0) is 6.54 Å². The monoisotopic (exact) mass is 277 g/mol. The average Bonchev–Trinajstić information content (AvgIpc) is 2.53. The van der Waals surface area contributed by atoms with E-state index in [1.165, 1.54) is 6.42 Å². The lowest BCUT2D eigenvalue weighted by Gasteiger charge is -2.33. The van der Waals surface area contributed by atoms with Gasteiger partial charge in [-0.2, -0.15) is 0 Å². The van der Waals surface area contributed by atoms with E-state index in [2.05, 4.69) is 4.98 Å². The van der Waals surface area contributed by atoms with E-state index < -0.39 is 0 Å². The first kappa shape index (κ1) is 14.9. The number of hydrogen-bond donors (Lipinski definition) is 2. The van der Waals surface area contributed by atoms with Gasteiger partial charge in [-0.1, -0.05) is 25.3 Å². The van der Waals surface area contributed by atoms with Crippen molar-refractivity contribution in [2.45, 2.75) is 44.7 Å². The summed E-state index contributed by atoms with van der Waals surface area (Å²) >= 11 is 0. The highest BCUT2D eigenvalue weighted by atomic mass is 16.3. The minimum atomic E-state index is -0.0884. The van der Waals surface area contributed by atoms with Gasteiger partial charge in [-0.05, 0) is 24.5 Å². The molecule has 5 heteroatoms. The fraction of sp³-hybridized carbons (Fsp3) is 0.600. The first-order valence-electron chi connectivity index (χ1n) is 7.33. The normalized spacial score (nSPS) is 16.1. The number of pyridine rings is 1. The molecule has 0 aromatic carbocycles. The number of aromatic nitrogens is 1. The molecule has 0 unspecified atom stereocenters. The molecule has 110 valence electrons. The summed E-state index contributed by atoms with van der Waals surface area (Å²) in [5.41, 5.74) is 6.87. The Bertz CT molecular complexity index is 427. The zero-order chi connectivity index (χ0) is 14.4. The molecule has 1 aliphatic rings. The highest BCUT2D eigenvalue weighted by Crippen LogP contribution is 2.23. The lowest BCUT2D eigenvalue weighted by molar-refractivity contribution is 0.0579. The Labute approximate surface area is 119 Å². The molecule has 5 nitrogen and oxygen atoms in total. The van der Waals surface area contributed by atoms with Crippen LogP contribution in [0, 0.1) is 0 Å². The summed E-state index contributed by atoms with van der Waals surface area (Å²) < 4.78 is 0. The number of nitrogens with two attached hydrogens (primary N) is 1. The molecule has 1 saturated carbocycles. The zero-order valence-corrected chi connectivity index (χ0v) is 11.8. The lowest BCUT2D eigenvalue weighted by Crippen LogP contribution is -2.43. The average molecular weight is 277 g/mol. The Balaban J connectivity index is 2.12. The molecule has 20 heavy (non-hydrogen) atoms. The predicted molar refractivity (Wildman–Crippen MR) is 77.1 cm³/mol. The minimum Gasteiger partial charge on any atom is -0.395 e. The Hall–Kier alpha value is -1.46. The third-order valence-corrected chi connectivity index (χ3v) is 3.90. The summed E-state index contributed by atoms with van der Waals surface area (Å²) in [4.78, 5) is 18.5. The van der Waals surface area contributed by atoms with Gasteiger partial charge in [0.1, 0.15) is 5.69 Å². The Morgan fingerprint density at radius 2 is 2.10 bits per heavy atom. The largest absolute Gasteiger partial charge is 0.395 e. The summed E-state index contributed by atoms with van der Waals surface area (Å²) in [6.07, 6.45) is 7.23. The molecule has 1 heterocycles. The van der Waals surface area contributed by atoms with Crippen molar-refractivity contribution >= 4 is 5.91 Å². The number of carbonyl (C=O) groups excluding carboxylic acids is 1. The molecular formula is C15H23N3O2. The van der Waals surface area contributed by atoms with Crippen LogP contribution in [0.25, 0.3) is 0 Å². The number of nitrogens with zero attached hydrogens (tertiary/aromatic N) is 2. The number of aliphatic hydroxyl groups excluding tert-OH is 1. The highest BCUT2D eigenvalue weighted by Gasteiger charge is 2.26. The standard InChI is InChI=1S/C15H23N3O2/c16-10-12-6-7-14(17-11-12)15(20)18(8-9-19)13-4-2-1-3-5-13/h6-7,11,13,19H,1-5,8-10,16H2. The summed E-state index contributed by atoms with van der Waals surface area (Å²) in [7, 11) is 0. The van der Waals surface area contributed by atoms with Gasteiger partial charge in [0.05, 0.1) is 6.61 Å². The van der Waals surface area contributed by atoms with Crippen LogP contribution in [0.5, 0.6) is 0 Å². The molecule has 0 atom stereocenters. The van der Waals surface area contributed by atoms with E-state index in [4.69, 9.17) is 5.73 Å². The number of hydrogen-bond acceptors (Lipinski definition) is 4. The second-order valence-electron chi connectivity index (χ2n) is 5.27. The van der Waals surface area contributed by atoms with Crippen molar-refractivity contribution in [3.8, 4) is 0 Å². The molecule has 1 amide bonds. The van der Waals surface area contributed by atoms with Gasteiger partial charge in [0.2, 0.25) is 0 Å². The third kappa shape index (κ3) is 3.55. The van der Waals surface area contributed by atoms with Crippen molar-refractivity contribution in [3.63, 3.8) is 0 Å². The van der Waals surface area contributed by atoms with Crippen molar-refractivity contribution < 1.29 is 9.90 Å². The first-order valence-corrected chi connectivity index (χ1v) is 7.33. The highest BCUT2D eigenvalue weighted by molar-refractivity contribution is 5.92. The topological polar surface area (TPSA) is 79.5 Å². The molecule has 3 N–H and O–H groups in total. The summed E-state index contributed by atoms with van der Waals surface area (Å²) in [5, 5.41) is 9.21. The van der Waals surface area contributed by atoms with Gasteiger partial charge in [-0.15, -0.1) is 0 Å². The quantitative estimate of drug-likeness (QED) is 0.850. The molecule has 1 fully saturated rings. The third-order valence-electron chi connectivity index (χ3n) is 3.90. The molecule has 0 spiro atoms. The Morgan fingerprint density at radius 1 is 1.35 bits per heavy atom. The van der Waals surface area contributed by atoms with Crippen LogP contribution in [0.15, 0.2) is 18.3 Å². The predicted octanol–water partition coefficient (Wildman–Crippen LogP) is 1.31. The van der Waals surface area contributed by atoms with Gasteiger partial charge in [-0.25, -0.2) is 0 Å². The number of carbonyl (C=O) groups is 1. The van der Waals surface area contributed by atoms with Crippen LogP contribution in [0.2, 0.25) is 0 Å². The fourth-order valence-electron chi connectivity index (χ4n) is 2.77. The van der Waals surface area contributed by atoms with E-state index in [-0.39, 0.29) is 18.6 Å². The van der Waals surface area contributed by atoms with Gasteiger partial charge < -0.3 is 15.7 Å². The molecule has 1 aromatic heterocycles. The van der Waals surface area contributed by atoms with E-state index in [1.54, 1.807) is 17.2 Å². The van der Waals surface area contributed by atoms with Crippen molar-refractivity contribution in [3.05, 3.63) is 29.6 Å². The second-order valence-corrected chi connectivity index (χ2v) is 5.27. The van der Waals surface area contributed by atoms with Crippen LogP contribution in [0.4, 0.5) is 0 Å². The van der Waals surface area contributed by atoms with Crippen LogP contribution >= 0.6 is 0 Å². The van der Waals surface area contributed by atoms with Gasteiger partial charge >= 0.3 is 0 Å². The summed E-state index contributed by atoms with van der Waals surface area (Å²) in [6.45, 7) is 0.789. The zero-order valence-electron chi connectivity index (χ0n) is 11.8. The molecule has 0 bridgehead atoms. The van der Waals surface area contributed by atoms with Crippen LogP contribution in [-0.4, -0.2) is 40.1 Å². The number of aliphatic hydroxyl groups is 1. The van der Waals surface area contributed by atoms with E-state index in [0.29, 0.717) is 18.8 Å². The number of amides is 1. The smallest absolute Gasteiger partial charge is 0.272 e. The van der Waals surface area contributed by atoms with Crippen molar-refractivity contribution in [2.75, 3.05) is 13.2 Å². The first-order chi connectivity index (χ1) is 9.76. The van der Waals surface area contributed by atoms with Crippen molar-refractivity contribution in [2.24, 2.45) is 5.73 Å². The molecule has 0 saturated heterocycles. The van der Waals surface area contributed by atoms with Gasteiger partial charge in [0.15, 0.2) is 0 Å². The SMILES string of the molecule is NCc1ccc(C(=O)N(CCO)C2CCCCC2)nc1. The van der Waals surface area contributed by atoms with Crippen LogP contribution in [0.3, 0.4) is 0 Å². The molecule has 0 aliphatic heterocycles. The van der Waals surface area contributed by atoms with Gasteiger partial charge in [-0.3, -0.25) is 9.78 Å². The molecule has 1 aromatic rings. The molecule has 2 rings (SSSR count). The van der Waals surface area contributed by atoms with Crippen molar-refractivity contribution in [1.82, 2.24) is 9.88 Å². The summed E-state index contributed by atoms with van der Waals surface area (Å²) in [6, 6.07) is 3.79. The van der Waals surface area contributed by atoms with Gasteiger partial charge in [0.25, 0.3) is 5.91 Å². The Morgan fingerprint density at radius 3 is 2.65 bits per heavy atom. The number of rotatable bonds is 5. The maximum absolute atomic E-state index is 12.6. The molecule has 0 radical (unpaired) electrons. The maximum atomic E-state index is 12.6. The minimum absolute atomic E-state index is 0.0108.